The number of nitrogens with zero attached hydrogens (tertiary/aromatic N) is 2. The van der Waals surface area contributed by atoms with Crippen molar-refractivity contribution in [3.05, 3.63) is 43.9 Å². The maximum Gasteiger partial charge on any atom is 0.421 e. The van der Waals surface area contributed by atoms with Crippen LogP contribution in [0.4, 0.5) is 42.1 Å². The largest absolute Gasteiger partial charge is 0.421 e. The number of nitrogens with one attached hydrogen (secondary N) is 1. The predicted molar refractivity (Wildman–Crippen MR) is 115 cm³/mol. The van der Waals surface area contributed by atoms with Crippen LogP contribution in [0.3, 0.4) is 0 Å². The number of nitrogens with two attached hydrogens (primary N) is 2. The Morgan fingerprint density at radius 2 is 1.71 bits per heavy atom. The normalized spacial score (nSPS) is 19.9. The predicted octanol–water partition coefficient (Wildman–Crippen LogP) is 3.26. The molecule has 2 unspecified atom stereocenters. The molecule has 0 spiro atoms. The summed E-state index contributed by atoms with van der Waals surface area (Å²) in [6.07, 6.45) is -9.90. The standard InChI is InChI=1S/C21H22F7N5O2/c1-8-16-13(18(34)31-19(35)33(16)10-2-3-10)15(30)14(22)17(8)32-5-4-9(7-32)11(29)6-12(20(23,24)25)21(26,27)28/h6,9-11H,2-5,7,29-30H2,1H3,(H,31,34,35). The average molecular weight is 509 g/mol. The first-order chi connectivity index (χ1) is 16.1. The highest BCUT2D eigenvalue weighted by Gasteiger charge is 2.51. The van der Waals surface area contributed by atoms with Crippen LogP contribution in [0, 0.1) is 18.7 Å². The van der Waals surface area contributed by atoms with E-state index in [-0.39, 0.29) is 53.8 Å². The minimum absolute atomic E-state index is 0.0452. The van der Waals surface area contributed by atoms with Crippen molar-refractivity contribution in [2.24, 2.45) is 11.7 Å². The highest BCUT2D eigenvalue weighted by atomic mass is 19.4. The Balaban J connectivity index is 1.75. The van der Waals surface area contributed by atoms with Crippen LogP contribution in [0.25, 0.3) is 10.9 Å². The van der Waals surface area contributed by atoms with Crippen molar-refractivity contribution >= 4 is 22.3 Å². The first-order valence-corrected chi connectivity index (χ1v) is 10.8. The number of anilines is 2. The Bertz CT molecular complexity index is 1310. The summed E-state index contributed by atoms with van der Waals surface area (Å²) in [5, 5.41) is -0.189. The van der Waals surface area contributed by atoms with Gasteiger partial charge in [0.2, 0.25) is 0 Å². The zero-order valence-electron chi connectivity index (χ0n) is 18.4. The van der Waals surface area contributed by atoms with Gasteiger partial charge in [-0.2, -0.15) is 26.3 Å². The smallest absolute Gasteiger partial charge is 0.396 e. The molecule has 2 aliphatic rings. The van der Waals surface area contributed by atoms with Gasteiger partial charge >= 0.3 is 18.0 Å². The molecular formula is C21H22F7N5O2. The lowest BCUT2D eigenvalue weighted by molar-refractivity contribution is -0.172. The molecule has 5 N–H and O–H groups in total. The molecule has 2 atom stereocenters. The molecule has 14 heteroatoms. The third kappa shape index (κ3) is 4.39. The number of fused-ring (bicyclic) bond motifs is 1. The second-order valence-electron chi connectivity index (χ2n) is 8.93. The molecule has 1 aromatic carbocycles. The van der Waals surface area contributed by atoms with Gasteiger partial charge in [0.15, 0.2) is 5.82 Å². The number of H-pyrrole nitrogens is 1. The molecule has 0 bridgehead atoms. The number of benzene rings is 1. The molecule has 1 saturated carbocycles. The Morgan fingerprint density at radius 1 is 1.11 bits per heavy atom. The Hall–Kier alpha value is -3.03. The van der Waals surface area contributed by atoms with Crippen molar-refractivity contribution in [2.75, 3.05) is 23.7 Å². The van der Waals surface area contributed by atoms with Crippen LogP contribution in [0.1, 0.15) is 30.9 Å². The first kappa shape index (κ1) is 25.1. The SMILES string of the molecule is Cc1c(N2CCC(C(N)C=C(C(F)(F)F)C(F)(F)F)C2)c(F)c(N)c2c(=O)[nH]c(=O)n(C3CC3)c12. The maximum absolute atomic E-state index is 15.4. The second kappa shape index (κ2) is 8.28. The van der Waals surface area contributed by atoms with E-state index in [1.54, 1.807) is 0 Å². The zero-order chi connectivity index (χ0) is 26.0. The summed E-state index contributed by atoms with van der Waals surface area (Å²) in [5.74, 6) is -1.81. The second-order valence-corrected chi connectivity index (χ2v) is 8.93. The fourth-order valence-electron chi connectivity index (χ4n) is 4.72. The summed E-state index contributed by atoms with van der Waals surface area (Å²) >= 11 is 0. The minimum Gasteiger partial charge on any atom is -0.396 e. The van der Waals surface area contributed by atoms with Gasteiger partial charge in [-0.3, -0.25) is 14.3 Å². The van der Waals surface area contributed by atoms with E-state index < -0.39 is 52.6 Å². The lowest BCUT2D eigenvalue weighted by Crippen LogP contribution is -2.35. The van der Waals surface area contributed by atoms with Gasteiger partial charge in [-0.25, -0.2) is 9.18 Å². The maximum atomic E-state index is 15.4. The van der Waals surface area contributed by atoms with E-state index in [2.05, 4.69) is 4.98 Å². The van der Waals surface area contributed by atoms with Gasteiger partial charge in [-0.15, -0.1) is 0 Å². The van der Waals surface area contributed by atoms with Gasteiger partial charge in [0, 0.05) is 30.7 Å². The summed E-state index contributed by atoms with van der Waals surface area (Å²) in [6, 6.07) is -1.81. The van der Waals surface area contributed by atoms with E-state index >= 15 is 4.39 Å². The van der Waals surface area contributed by atoms with Crippen LogP contribution >= 0.6 is 0 Å². The molecule has 2 heterocycles. The van der Waals surface area contributed by atoms with Gasteiger partial charge in [0.05, 0.1) is 22.3 Å². The van der Waals surface area contributed by atoms with E-state index in [0.29, 0.717) is 12.8 Å². The van der Waals surface area contributed by atoms with Crippen LogP contribution in [-0.4, -0.2) is 41.0 Å². The Morgan fingerprint density at radius 3 is 2.26 bits per heavy atom. The number of rotatable bonds is 4. The lowest BCUT2D eigenvalue weighted by atomic mass is 9.97. The third-order valence-corrected chi connectivity index (χ3v) is 6.54. The highest BCUT2D eigenvalue weighted by Crippen LogP contribution is 2.42. The molecule has 35 heavy (non-hydrogen) atoms. The molecule has 4 rings (SSSR count). The van der Waals surface area contributed by atoms with E-state index in [0.717, 1.165) is 0 Å². The molecule has 1 aromatic heterocycles. The summed E-state index contributed by atoms with van der Waals surface area (Å²) in [4.78, 5) is 28.5. The van der Waals surface area contributed by atoms with Crippen molar-refractivity contribution in [1.82, 2.24) is 9.55 Å². The van der Waals surface area contributed by atoms with Crippen molar-refractivity contribution < 1.29 is 30.7 Å². The number of alkyl halides is 6. The number of aryl methyl sites for hydroxylation is 1. The molecule has 192 valence electrons. The minimum atomic E-state index is -5.64. The lowest BCUT2D eigenvalue weighted by Gasteiger charge is -2.26. The van der Waals surface area contributed by atoms with Crippen LogP contribution < -0.4 is 27.6 Å². The molecule has 1 aliphatic heterocycles. The number of allylic oxidation sites excluding steroid dienone is 1. The van der Waals surface area contributed by atoms with Crippen LogP contribution in [0.2, 0.25) is 0 Å². The number of hydrogen-bond acceptors (Lipinski definition) is 5. The highest BCUT2D eigenvalue weighted by molar-refractivity contribution is 5.97. The summed E-state index contributed by atoms with van der Waals surface area (Å²) in [5.41, 5.74) is 7.22. The van der Waals surface area contributed by atoms with Crippen molar-refractivity contribution in [1.29, 1.82) is 0 Å². The van der Waals surface area contributed by atoms with Crippen LogP contribution in [0.15, 0.2) is 21.2 Å². The number of hydrogen-bond donors (Lipinski definition) is 3. The molecule has 7 nitrogen and oxygen atoms in total. The van der Waals surface area contributed by atoms with E-state index in [9.17, 15) is 35.9 Å². The van der Waals surface area contributed by atoms with Crippen molar-refractivity contribution in [3.63, 3.8) is 0 Å². The average Bonchev–Trinajstić information content (AvgIpc) is 3.44. The monoisotopic (exact) mass is 509 g/mol. The van der Waals surface area contributed by atoms with Gasteiger partial charge in [0.1, 0.15) is 5.57 Å². The zero-order valence-corrected chi connectivity index (χ0v) is 18.4. The van der Waals surface area contributed by atoms with Crippen LogP contribution in [-0.2, 0) is 0 Å². The first-order valence-electron chi connectivity index (χ1n) is 10.8. The van der Waals surface area contributed by atoms with E-state index in [4.69, 9.17) is 11.5 Å². The van der Waals surface area contributed by atoms with Crippen LogP contribution in [0.5, 0.6) is 0 Å². The summed E-state index contributed by atoms with van der Waals surface area (Å²) in [7, 11) is 0. The molecule has 1 saturated heterocycles. The molecule has 2 fully saturated rings. The molecular weight excluding hydrogens is 487 g/mol. The van der Waals surface area contributed by atoms with Gasteiger partial charge < -0.3 is 16.4 Å². The molecule has 2 aromatic rings. The fourth-order valence-corrected chi connectivity index (χ4v) is 4.72. The Labute approximate surface area is 193 Å². The van der Waals surface area contributed by atoms with Crippen molar-refractivity contribution in [2.45, 2.75) is 50.6 Å². The van der Waals surface area contributed by atoms with Gasteiger partial charge in [-0.05, 0) is 32.1 Å². The number of aromatic amines is 1. The summed E-state index contributed by atoms with van der Waals surface area (Å²) in [6.45, 7) is 1.40. The van der Waals surface area contributed by atoms with E-state index in [1.165, 1.54) is 16.4 Å². The summed E-state index contributed by atoms with van der Waals surface area (Å²) < 4.78 is 94.1. The van der Waals surface area contributed by atoms with Gasteiger partial charge in [0.25, 0.3) is 5.56 Å². The van der Waals surface area contributed by atoms with Gasteiger partial charge in [-0.1, -0.05) is 6.08 Å². The molecule has 0 amide bonds. The third-order valence-electron chi connectivity index (χ3n) is 6.54. The number of halogens is 7. The molecule has 1 aliphatic carbocycles. The fraction of sp³-hybridized carbons (Fsp3) is 0.524. The number of nitrogen functional groups attached to an aromatic ring is 1. The molecule has 0 radical (unpaired) electrons. The topological polar surface area (TPSA) is 110 Å². The number of aromatic nitrogens is 2. The quantitative estimate of drug-likeness (QED) is 0.333. The van der Waals surface area contributed by atoms with Crippen molar-refractivity contribution in [3.8, 4) is 0 Å². The Kier molecular flexibility index (Phi) is 5.93. The van der Waals surface area contributed by atoms with E-state index in [1.807, 2.05) is 0 Å².